The normalized spacial score (nSPS) is 11.8. The second-order valence-corrected chi connectivity index (χ2v) is 5.74. The lowest BCUT2D eigenvalue weighted by Gasteiger charge is -2.15. The van der Waals surface area contributed by atoms with E-state index in [0.717, 1.165) is 16.6 Å². The molecule has 2 aromatic carbocycles. The number of nitrogens with one attached hydrogen (secondary N) is 1. The number of benzene rings is 2. The van der Waals surface area contributed by atoms with Crippen LogP contribution in [0.4, 0.5) is 0 Å². The van der Waals surface area contributed by atoms with Gasteiger partial charge in [-0.15, -0.1) is 0 Å². The Labute approximate surface area is 145 Å². The van der Waals surface area contributed by atoms with E-state index in [0.29, 0.717) is 5.69 Å². The molecular formula is C19H18N4O2. The molecule has 0 unspecified atom stereocenters. The Bertz CT molecular complexity index is 896. The maximum absolute atomic E-state index is 12.2. The number of hydrogen-bond donors (Lipinski definition) is 2. The second-order valence-electron chi connectivity index (χ2n) is 5.74. The number of nitrogens with two attached hydrogens (primary N) is 1. The van der Waals surface area contributed by atoms with Gasteiger partial charge in [-0.05, 0) is 17.7 Å². The van der Waals surface area contributed by atoms with E-state index >= 15 is 0 Å². The van der Waals surface area contributed by atoms with Crippen molar-refractivity contribution < 1.29 is 9.59 Å². The van der Waals surface area contributed by atoms with E-state index in [1.165, 1.54) is 0 Å². The van der Waals surface area contributed by atoms with Crippen molar-refractivity contribution in [1.82, 2.24) is 15.3 Å². The Hall–Kier alpha value is -3.28. The van der Waals surface area contributed by atoms with Crippen molar-refractivity contribution in [3.63, 3.8) is 0 Å². The van der Waals surface area contributed by atoms with Gasteiger partial charge in [0, 0.05) is 12.6 Å². The van der Waals surface area contributed by atoms with Gasteiger partial charge in [-0.2, -0.15) is 0 Å². The molecule has 6 heteroatoms. The molecule has 25 heavy (non-hydrogen) atoms. The number of carbonyl (C=O) groups excluding carboxylic acids is 2. The molecule has 1 atom stereocenters. The largest absolute Gasteiger partial charge is 0.368 e. The van der Waals surface area contributed by atoms with Gasteiger partial charge in [-0.1, -0.05) is 42.5 Å². The third kappa shape index (κ3) is 4.38. The van der Waals surface area contributed by atoms with E-state index in [2.05, 4.69) is 15.3 Å². The molecule has 0 radical (unpaired) electrons. The van der Waals surface area contributed by atoms with Gasteiger partial charge in [0.25, 0.3) is 0 Å². The highest BCUT2D eigenvalue weighted by Crippen LogP contribution is 2.10. The zero-order valence-electron chi connectivity index (χ0n) is 13.6. The summed E-state index contributed by atoms with van der Waals surface area (Å²) in [5.41, 5.74) is 8.41. The van der Waals surface area contributed by atoms with Crippen LogP contribution in [0, 0.1) is 0 Å². The quantitative estimate of drug-likeness (QED) is 0.711. The van der Waals surface area contributed by atoms with Crippen molar-refractivity contribution in [3.05, 3.63) is 72.1 Å². The van der Waals surface area contributed by atoms with Crippen LogP contribution in [0.15, 0.2) is 60.8 Å². The number of primary amides is 1. The fourth-order valence-electron chi connectivity index (χ4n) is 2.55. The van der Waals surface area contributed by atoms with Crippen molar-refractivity contribution >= 4 is 22.8 Å². The highest BCUT2D eigenvalue weighted by atomic mass is 16.2. The van der Waals surface area contributed by atoms with Crippen LogP contribution in [-0.2, 0) is 22.4 Å². The first kappa shape index (κ1) is 16.6. The molecule has 0 bridgehead atoms. The summed E-state index contributed by atoms with van der Waals surface area (Å²) in [6.07, 6.45) is 1.99. The first-order chi connectivity index (χ1) is 12.1. The van der Waals surface area contributed by atoms with Gasteiger partial charge in [-0.25, -0.2) is 4.98 Å². The molecule has 3 N–H and O–H groups in total. The molecule has 1 aromatic heterocycles. The topological polar surface area (TPSA) is 98.0 Å². The Morgan fingerprint density at radius 3 is 2.40 bits per heavy atom. The van der Waals surface area contributed by atoms with Crippen LogP contribution in [0.3, 0.4) is 0 Å². The Morgan fingerprint density at radius 1 is 1.00 bits per heavy atom. The van der Waals surface area contributed by atoms with E-state index in [9.17, 15) is 9.59 Å². The number of para-hydroxylation sites is 2. The number of carbonyl (C=O) groups is 2. The number of fused-ring (bicyclic) bond motifs is 1. The number of aromatic nitrogens is 2. The Kier molecular flexibility index (Phi) is 4.99. The van der Waals surface area contributed by atoms with Gasteiger partial charge in [0.15, 0.2) is 0 Å². The molecule has 0 fully saturated rings. The molecule has 126 valence electrons. The van der Waals surface area contributed by atoms with E-state index in [1.807, 2.05) is 54.6 Å². The van der Waals surface area contributed by atoms with Crippen LogP contribution in [0.25, 0.3) is 11.0 Å². The maximum Gasteiger partial charge on any atom is 0.240 e. The summed E-state index contributed by atoms with van der Waals surface area (Å²) < 4.78 is 0. The third-order valence-electron chi connectivity index (χ3n) is 3.80. The molecule has 0 aliphatic carbocycles. The number of amides is 2. The number of nitrogens with zero attached hydrogens (tertiary/aromatic N) is 2. The first-order valence-electron chi connectivity index (χ1n) is 7.95. The third-order valence-corrected chi connectivity index (χ3v) is 3.80. The Morgan fingerprint density at radius 2 is 1.68 bits per heavy atom. The minimum absolute atomic E-state index is 0.189. The summed E-state index contributed by atoms with van der Waals surface area (Å²) in [5, 5.41) is 2.68. The minimum atomic E-state index is -0.827. The zero-order chi connectivity index (χ0) is 17.6. The van der Waals surface area contributed by atoms with Crippen molar-refractivity contribution in [2.45, 2.75) is 18.9 Å². The van der Waals surface area contributed by atoms with E-state index in [1.54, 1.807) is 6.20 Å². The average Bonchev–Trinajstić information content (AvgIpc) is 2.62. The zero-order valence-corrected chi connectivity index (χ0v) is 13.6. The lowest BCUT2D eigenvalue weighted by atomic mass is 10.1. The molecule has 6 nitrogen and oxygen atoms in total. The summed E-state index contributed by atoms with van der Waals surface area (Å²) in [4.78, 5) is 32.7. The molecule has 1 heterocycles. The first-order valence-corrected chi connectivity index (χ1v) is 7.95. The smallest absolute Gasteiger partial charge is 0.240 e. The minimum Gasteiger partial charge on any atom is -0.368 e. The molecule has 0 aliphatic rings. The number of rotatable bonds is 6. The lowest BCUT2D eigenvalue weighted by molar-refractivity contribution is -0.127. The maximum atomic E-state index is 12.2. The highest BCUT2D eigenvalue weighted by Gasteiger charge is 2.19. The van der Waals surface area contributed by atoms with Crippen molar-refractivity contribution in [3.8, 4) is 0 Å². The van der Waals surface area contributed by atoms with Gasteiger partial charge < -0.3 is 11.1 Å². The van der Waals surface area contributed by atoms with E-state index in [4.69, 9.17) is 5.73 Å². The van der Waals surface area contributed by atoms with Gasteiger partial charge in [0.1, 0.15) is 6.04 Å². The summed E-state index contributed by atoms with van der Waals surface area (Å²) in [5.74, 6) is -0.861. The lowest BCUT2D eigenvalue weighted by Crippen LogP contribution is -2.46. The van der Waals surface area contributed by atoms with E-state index < -0.39 is 11.9 Å². The van der Waals surface area contributed by atoms with E-state index in [-0.39, 0.29) is 18.7 Å². The summed E-state index contributed by atoms with van der Waals surface area (Å²) >= 11 is 0. The van der Waals surface area contributed by atoms with Crippen LogP contribution >= 0.6 is 0 Å². The van der Waals surface area contributed by atoms with Gasteiger partial charge in [0.05, 0.1) is 23.1 Å². The monoisotopic (exact) mass is 334 g/mol. The summed E-state index contributed by atoms with van der Waals surface area (Å²) in [7, 11) is 0. The van der Waals surface area contributed by atoms with Crippen LogP contribution < -0.4 is 11.1 Å². The second kappa shape index (κ2) is 7.53. The predicted molar refractivity (Wildman–Crippen MR) is 94.5 cm³/mol. The summed E-state index contributed by atoms with van der Waals surface area (Å²) in [6, 6.07) is 15.9. The standard InChI is InChI=1S/C19H18N4O2/c20-19(25)17(23-18(24)10-13-6-2-1-3-7-13)11-14-12-21-15-8-4-5-9-16(15)22-14/h1-9,12,17H,10-11H2,(H2,20,25)(H,23,24)/t17-/m1/s1. The van der Waals surface area contributed by atoms with Gasteiger partial charge in [-0.3, -0.25) is 14.6 Å². The van der Waals surface area contributed by atoms with Gasteiger partial charge in [0.2, 0.25) is 11.8 Å². The van der Waals surface area contributed by atoms with Crippen LogP contribution in [0.1, 0.15) is 11.3 Å². The average molecular weight is 334 g/mol. The highest BCUT2D eigenvalue weighted by molar-refractivity contribution is 5.87. The fraction of sp³-hybridized carbons (Fsp3) is 0.158. The molecule has 3 aromatic rings. The predicted octanol–water partition coefficient (Wildman–Crippen LogP) is 1.39. The van der Waals surface area contributed by atoms with Crippen LogP contribution in [0.2, 0.25) is 0 Å². The molecule has 0 spiro atoms. The SMILES string of the molecule is NC(=O)[C@@H](Cc1cnc2ccccc2n1)NC(=O)Cc1ccccc1. The molecule has 0 saturated heterocycles. The van der Waals surface area contributed by atoms with Crippen LogP contribution in [0.5, 0.6) is 0 Å². The molecule has 0 saturated carbocycles. The fourth-order valence-corrected chi connectivity index (χ4v) is 2.55. The van der Waals surface area contributed by atoms with Crippen molar-refractivity contribution in [1.29, 1.82) is 0 Å². The molecular weight excluding hydrogens is 316 g/mol. The molecule has 0 aliphatic heterocycles. The Balaban J connectivity index is 1.70. The summed E-state index contributed by atoms with van der Waals surface area (Å²) in [6.45, 7) is 0. The molecule has 3 rings (SSSR count). The van der Waals surface area contributed by atoms with Crippen molar-refractivity contribution in [2.75, 3.05) is 0 Å². The molecule has 2 amide bonds. The van der Waals surface area contributed by atoms with Gasteiger partial charge >= 0.3 is 0 Å². The van der Waals surface area contributed by atoms with Crippen LogP contribution in [-0.4, -0.2) is 27.8 Å². The van der Waals surface area contributed by atoms with Crippen molar-refractivity contribution in [2.24, 2.45) is 5.73 Å². The number of hydrogen-bond acceptors (Lipinski definition) is 4.